The summed E-state index contributed by atoms with van der Waals surface area (Å²) in [5, 5.41) is 1.14. The highest BCUT2D eigenvalue weighted by atomic mass is 14.7. The Balaban J connectivity index is 0.000000396. The van der Waals surface area contributed by atoms with Crippen LogP contribution in [0.15, 0.2) is 30.6 Å². The summed E-state index contributed by atoms with van der Waals surface area (Å²) in [7, 11) is 0. The van der Waals surface area contributed by atoms with Gasteiger partial charge in [-0.15, -0.1) is 0 Å². The fraction of sp³-hybridized carbons (Fsp3) is 0.273. The summed E-state index contributed by atoms with van der Waals surface area (Å²) in [6, 6.07) is 6.02. The topological polar surface area (TPSA) is 25.8 Å². The fourth-order valence-corrected chi connectivity index (χ4v) is 1.07. The summed E-state index contributed by atoms with van der Waals surface area (Å²) >= 11 is 0. The molecule has 0 unspecified atom stereocenters. The zero-order chi connectivity index (χ0) is 9.68. The van der Waals surface area contributed by atoms with Gasteiger partial charge in [0.2, 0.25) is 0 Å². The van der Waals surface area contributed by atoms with Gasteiger partial charge in [-0.2, -0.15) is 0 Å². The van der Waals surface area contributed by atoms with Crippen LogP contribution in [0.4, 0.5) is 0 Å². The second kappa shape index (κ2) is 4.55. The lowest BCUT2D eigenvalue weighted by molar-refractivity contribution is 1.23. The first-order valence-electron chi connectivity index (χ1n) is 4.53. The smallest absolute Gasteiger partial charge is 0.0888 e. The molecule has 2 heterocycles. The summed E-state index contributed by atoms with van der Waals surface area (Å²) in [5.41, 5.74) is 2.00. The highest BCUT2D eigenvalue weighted by Crippen LogP contribution is 2.08. The molecule has 0 fully saturated rings. The van der Waals surface area contributed by atoms with Crippen molar-refractivity contribution in [3.63, 3.8) is 0 Å². The summed E-state index contributed by atoms with van der Waals surface area (Å²) in [6.45, 7) is 5.98. The van der Waals surface area contributed by atoms with E-state index in [0.29, 0.717) is 0 Å². The predicted octanol–water partition coefficient (Wildman–Crippen LogP) is 2.96. The van der Waals surface area contributed by atoms with Crippen LogP contribution in [-0.4, -0.2) is 9.97 Å². The van der Waals surface area contributed by atoms with Gasteiger partial charge in [-0.05, 0) is 19.1 Å². The second-order valence-electron chi connectivity index (χ2n) is 2.52. The van der Waals surface area contributed by atoms with E-state index in [2.05, 4.69) is 16.0 Å². The van der Waals surface area contributed by atoms with Crippen LogP contribution in [0.5, 0.6) is 0 Å². The third-order valence-corrected chi connectivity index (χ3v) is 1.63. The number of hydrogen-bond donors (Lipinski definition) is 0. The molecule has 68 valence electrons. The van der Waals surface area contributed by atoms with E-state index in [0.717, 1.165) is 16.6 Å². The zero-order valence-corrected chi connectivity index (χ0v) is 8.28. The Bertz CT molecular complexity index is 383. The molecule has 0 aromatic carbocycles. The number of rotatable bonds is 0. The van der Waals surface area contributed by atoms with Gasteiger partial charge < -0.3 is 0 Å². The molecule has 2 rings (SSSR count). The molecule has 0 atom stereocenters. The van der Waals surface area contributed by atoms with Crippen LogP contribution in [0.1, 0.15) is 19.5 Å². The molecule has 0 saturated carbocycles. The molecule has 0 spiro atoms. The third kappa shape index (κ3) is 2.25. The van der Waals surface area contributed by atoms with E-state index in [4.69, 9.17) is 0 Å². The van der Waals surface area contributed by atoms with Crippen molar-refractivity contribution >= 4 is 10.9 Å². The Hall–Kier alpha value is -1.44. The van der Waals surface area contributed by atoms with Gasteiger partial charge in [0.1, 0.15) is 0 Å². The van der Waals surface area contributed by atoms with Crippen LogP contribution < -0.4 is 0 Å². The minimum Gasteiger partial charge on any atom is -0.262 e. The van der Waals surface area contributed by atoms with Crippen LogP contribution in [0.3, 0.4) is 0 Å². The van der Waals surface area contributed by atoms with Crippen LogP contribution >= 0.6 is 0 Å². The molecule has 0 bridgehead atoms. The highest BCUT2D eigenvalue weighted by Gasteiger charge is 1.91. The second-order valence-corrected chi connectivity index (χ2v) is 2.52. The molecular weight excluding hydrogens is 160 g/mol. The van der Waals surface area contributed by atoms with Crippen molar-refractivity contribution in [2.75, 3.05) is 0 Å². The van der Waals surface area contributed by atoms with Crippen molar-refractivity contribution in [2.45, 2.75) is 20.8 Å². The normalized spacial score (nSPS) is 9.15. The van der Waals surface area contributed by atoms with Crippen molar-refractivity contribution in [2.24, 2.45) is 0 Å². The van der Waals surface area contributed by atoms with Gasteiger partial charge in [0.15, 0.2) is 0 Å². The molecule has 0 amide bonds. The number of fused-ring (bicyclic) bond motifs is 1. The van der Waals surface area contributed by atoms with Gasteiger partial charge in [0, 0.05) is 17.3 Å². The van der Waals surface area contributed by atoms with E-state index in [9.17, 15) is 0 Å². The molecule has 2 aromatic rings. The number of aryl methyl sites for hydroxylation is 1. The van der Waals surface area contributed by atoms with E-state index < -0.39 is 0 Å². The van der Waals surface area contributed by atoms with Crippen molar-refractivity contribution < 1.29 is 0 Å². The summed E-state index contributed by atoms with van der Waals surface area (Å²) in [4.78, 5) is 8.30. The van der Waals surface area contributed by atoms with Crippen LogP contribution in [-0.2, 0) is 0 Å². The van der Waals surface area contributed by atoms with Gasteiger partial charge in [0.25, 0.3) is 0 Å². The SMILES string of the molecule is CC.Cc1ccc2ccncc2n1. The van der Waals surface area contributed by atoms with E-state index in [1.807, 2.05) is 32.9 Å². The first kappa shape index (κ1) is 9.65. The average molecular weight is 174 g/mol. The summed E-state index contributed by atoms with van der Waals surface area (Å²) in [5.74, 6) is 0. The molecule has 0 aliphatic rings. The Morgan fingerprint density at radius 3 is 2.62 bits per heavy atom. The van der Waals surface area contributed by atoms with E-state index in [1.165, 1.54) is 0 Å². The quantitative estimate of drug-likeness (QED) is 0.613. The van der Waals surface area contributed by atoms with Crippen molar-refractivity contribution in [1.29, 1.82) is 0 Å². The zero-order valence-electron chi connectivity index (χ0n) is 8.28. The van der Waals surface area contributed by atoms with E-state index in [1.54, 1.807) is 12.4 Å². The van der Waals surface area contributed by atoms with E-state index >= 15 is 0 Å². The van der Waals surface area contributed by atoms with Gasteiger partial charge in [-0.1, -0.05) is 19.9 Å². The Morgan fingerprint density at radius 1 is 1.08 bits per heavy atom. The minimum absolute atomic E-state index is 0.965. The van der Waals surface area contributed by atoms with Crippen molar-refractivity contribution in [1.82, 2.24) is 9.97 Å². The van der Waals surface area contributed by atoms with Crippen molar-refractivity contribution in [3.05, 3.63) is 36.3 Å². The number of aromatic nitrogens is 2. The minimum atomic E-state index is 0.965. The number of nitrogens with zero attached hydrogens (tertiary/aromatic N) is 2. The number of hydrogen-bond acceptors (Lipinski definition) is 2. The average Bonchev–Trinajstić information content (AvgIpc) is 2.21. The van der Waals surface area contributed by atoms with Crippen LogP contribution in [0.2, 0.25) is 0 Å². The van der Waals surface area contributed by atoms with Gasteiger partial charge in [0.05, 0.1) is 11.7 Å². The molecular formula is C11H14N2. The first-order chi connectivity index (χ1) is 6.36. The summed E-state index contributed by atoms with van der Waals surface area (Å²) < 4.78 is 0. The maximum atomic E-state index is 4.31. The number of pyridine rings is 2. The molecule has 2 nitrogen and oxygen atoms in total. The molecule has 0 radical (unpaired) electrons. The largest absolute Gasteiger partial charge is 0.262 e. The predicted molar refractivity (Wildman–Crippen MR) is 55.6 cm³/mol. The molecule has 0 aliphatic heterocycles. The Labute approximate surface area is 78.7 Å². The Morgan fingerprint density at radius 2 is 1.85 bits per heavy atom. The maximum absolute atomic E-state index is 4.31. The highest BCUT2D eigenvalue weighted by molar-refractivity contribution is 5.77. The third-order valence-electron chi connectivity index (χ3n) is 1.63. The van der Waals surface area contributed by atoms with E-state index in [-0.39, 0.29) is 0 Å². The lowest BCUT2D eigenvalue weighted by atomic mass is 10.2. The molecule has 0 N–H and O–H groups in total. The van der Waals surface area contributed by atoms with Gasteiger partial charge in [-0.3, -0.25) is 9.97 Å². The molecule has 0 aliphatic carbocycles. The molecule has 13 heavy (non-hydrogen) atoms. The van der Waals surface area contributed by atoms with Gasteiger partial charge >= 0.3 is 0 Å². The molecule has 2 aromatic heterocycles. The first-order valence-corrected chi connectivity index (χ1v) is 4.53. The van der Waals surface area contributed by atoms with Crippen molar-refractivity contribution in [3.8, 4) is 0 Å². The fourth-order valence-electron chi connectivity index (χ4n) is 1.07. The lowest BCUT2D eigenvalue weighted by Gasteiger charge is -1.95. The maximum Gasteiger partial charge on any atom is 0.0888 e. The monoisotopic (exact) mass is 174 g/mol. The Kier molecular flexibility index (Phi) is 3.38. The molecule has 2 heteroatoms. The standard InChI is InChI=1S/C9H8N2.C2H6/c1-7-2-3-8-4-5-10-6-9(8)11-7;1-2/h2-6H,1H3;1-2H3. The lowest BCUT2D eigenvalue weighted by Crippen LogP contribution is -1.82. The van der Waals surface area contributed by atoms with Crippen LogP contribution in [0, 0.1) is 6.92 Å². The van der Waals surface area contributed by atoms with Gasteiger partial charge in [-0.25, -0.2) is 0 Å². The molecule has 0 saturated heterocycles. The summed E-state index contributed by atoms with van der Waals surface area (Å²) in [6.07, 6.45) is 3.56. The van der Waals surface area contributed by atoms with Crippen LogP contribution in [0.25, 0.3) is 10.9 Å².